The molecule has 6 nitrogen and oxygen atoms in total. The van der Waals surface area contributed by atoms with Gasteiger partial charge >= 0.3 is 37.7 Å². The van der Waals surface area contributed by atoms with E-state index in [0.717, 1.165) is 11.1 Å². The summed E-state index contributed by atoms with van der Waals surface area (Å²) < 4.78 is 62.3. The van der Waals surface area contributed by atoms with E-state index in [2.05, 4.69) is 0 Å². The molecule has 0 fully saturated rings. The first-order valence-corrected chi connectivity index (χ1v) is 8.87. The topological polar surface area (TPSA) is 114 Å². The van der Waals surface area contributed by atoms with E-state index in [1.54, 1.807) is 24.3 Å². The minimum Gasteiger partial charge on any atom is -0.744 e. The van der Waals surface area contributed by atoms with Crippen LogP contribution >= 0.6 is 0 Å². The smallest absolute Gasteiger partial charge is 0.744 e. The van der Waals surface area contributed by atoms with Crippen LogP contribution in [0.3, 0.4) is 0 Å². The molecule has 0 saturated carbocycles. The van der Waals surface area contributed by atoms with Crippen molar-refractivity contribution in [3.63, 3.8) is 0 Å². The Bertz CT molecular complexity index is 752. The summed E-state index contributed by atoms with van der Waals surface area (Å²) in [5, 5.41) is 0. The fourth-order valence-electron chi connectivity index (χ4n) is 1.41. The molecule has 0 N–H and O–H groups in total. The third kappa shape index (κ3) is 8.25. The van der Waals surface area contributed by atoms with Gasteiger partial charge in [0.1, 0.15) is 20.2 Å². The van der Waals surface area contributed by atoms with Crippen LogP contribution in [0.5, 0.6) is 0 Å². The molecule has 2 rings (SSSR count). The van der Waals surface area contributed by atoms with Crippen molar-refractivity contribution >= 4 is 58.0 Å². The van der Waals surface area contributed by atoms with Crippen LogP contribution in [0.1, 0.15) is 11.1 Å². The Labute approximate surface area is 166 Å². The molecule has 0 aliphatic carbocycles. The van der Waals surface area contributed by atoms with Gasteiger partial charge in [-0.1, -0.05) is 35.4 Å². The zero-order chi connectivity index (χ0) is 17.0. The van der Waals surface area contributed by atoms with Crippen LogP contribution < -0.4 is 0 Å². The van der Waals surface area contributed by atoms with Crippen LogP contribution in [-0.4, -0.2) is 63.7 Å². The summed E-state index contributed by atoms with van der Waals surface area (Å²) in [4.78, 5) is -0.355. The van der Waals surface area contributed by atoms with E-state index in [1.165, 1.54) is 24.3 Å². The predicted octanol–water partition coefficient (Wildman–Crippen LogP) is 1.42. The molecule has 0 spiro atoms. The van der Waals surface area contributed by atoms with Gasteiger partial charge in [-0.3, -0.25) is 0 Å². The number of hydrogen-bond donors (Lipinski definition) is 0. The Balaban J connectivity index is 0.000000403. The molecule has 0 bridgehead atoms. The first-order chi connectivity index (χ1) is 10.00. The van der Waals surface area contributed by atoms with E-state index in [1.807, 2.05) is 13.8 Å². The van der Waals surface area contributed by atoms with Gasteiger partial charge in [0.25, 0.3) is 0 Å². The standard InChI is InChI=1S/2C7H8O3S.Ca/c2*1-6-2-4-7(5-3-6)11(8,9)10;/h2*2-5H,1H3,(H,8,9,10);/q;;+2/p-2. The Morgan fingerprint density at radius 1 is 0.609 bits per heavy atom. The molecule has 0 heterocycles. The Morgan fingerprint density at radius 2 is 0.826 bits per heavy atom. The van der Waals surface area contributed by atoms with E-state index < -0.39 is 20.2 Å². The SMILES string of the molecule is Cc1ccc(S(=O)(=O)[O-])cc1.Cc1ccc(S(=O)(=O)[O-])cc1.[Ca+2]. The van der Waals surface area contributed by atoms with Gasteiger partial charge in [-0.2, -0.15) is 0 Å². The Kier molecular flexibility index (Phi) is 8.93. The molecule has 2 aromatic carbocycles. The van der Waals surface area contributed by atoms with Gasteiger partial charge in [-0.05, 0) is 38.1 Å². The molecule has 0 aliphatic rings. The molecule has 0 aromatic heterocycles. The van der Waals surface area contributed by atoms with Crippen molar-refractivity contribution in [3.8, 4) is 0 Å². The van der Waals surface area contributed by atoms with Gasteiger partial charge in [-0.15, -0.1) is 0 Å². The van der Waals surface area contributed by atoms with Crippen molar-refractivity contribution in [1.29, 1.82) is 0 Å². The molecule has 9 heteroatoms. The van der Waals surface area contributed by atoms with E-state index in [0.29, 0.717) is 0 Å². The largest absolute Gasteiger partial charge is 2.00 e. The maximum atomic E-state index is 10.4. The summed E-state index contributed by atoms with van der Waals surface area (Å²) in [6.07, 6.45) is 0. The predicted molar refractivity (Wildman–Crippen MR) is 84.0 cm³/mol. The number of aryl methyl sites for hydroxylation is 2. The third-order valence-electron chi connectivity index (χ3n) is 2.62. The van der Waals surface area contributed by atoms with Crippen molar-refractivity contribution in [2.24, 2.45) is 0 Å². The van der Waals surface area contributed by atoms with E-state index in [4.69, 9.17) is 0 Å². The number of rotatable bonds is 2. The van der Waals surface area contributed by atoms with Crippen LogP contribution in [-0.2, 0) is 20.2 Å². The van der Waals surface area contributed by atoms with Gasteiger partial charge < -0.3 is 9.11 Å². The third-order valence-corrected chi connectivity index (χ3v) is 4.32. The van der Waals surface area contributed by atoms with Crippen LogP contribution in [0.25, 0.3) is 0 Å². The first kappa shape index (κ1) is 22.5. The van der Waals surface area contributed by atoms with Crippen molar-refractivity contribution in [2.75, 3.05) is 0 Å². The van der Waals surface area contributed by atoms with Gasteiger partial charge in [0, 0.05) is 0 Å². The second-order valence-corrected chi connectivity index (χ2v) is 7.29. The zero-order valence-corrected chi connectivity index (χ0v) is 16.4. The summed E-state index contributed by atoms with van der Waals surface area (Å²) in [5.41, 5.74) is 1.86. The molecular weight excluding hydrogens is 368 g/mol. The van der Waals surface area contributed by atoms with Crippen LogP contribution in [0.4, 0.5) is 0 Å². The summed E-state index contributed by atoms with van der Waals surface area (Å²) in [7, 11) is -8.54. The van der Waals surface area contributed by atoms with Crippen molar-refractivity contribution in [2.45, 2.75) is 23.6 Å². The van der Waals surface area contributed by atoms with E-state index in [9.17, 15) is 25.9 Å². The maximum Gasteiger partial charge on any atom is 2.00 e. The summed E-state index contributed by atoms with van der Waals surface area (Å²) in [5.74, 6) is 0. The Hall–Kier alpha value is -0.480. The van der Waals surface area contributed by atoms with Crippen molar-refractivity contribution in [1.82, 2.24) is 0 Å². The molecule has 2 aromatic rings. The van der Waals surface area contributed by atoms with E-state index >= 15 is 0 Å². The second kappa shape index (κ2) is 9.12. The molecule has 23 heavy (non-hydrogen) atoms. The van der Waals surface area contributed by atoms with Gasteiger partial charge in [0.05, 0.1) is 9.79 Å². The zero-order valence-electron chi connectivity index (χ0n) is 12.6. The van der Waals surface area contributed by atoms with Crippen molar-refractivity contribution < 1.29 is 25.9 Å². The Morgan fingerprint density at radius 3 is 1.00 bits per heavy atom. The minimum absolute atomic E-state index is 0. The quantitative estimate of drug-likeness (QED) is 0.573. The molecule has 0 amide bonds. The normalized spacial score (nSPS) is 11.0. The molecule has 0 unspecified atom stereocenters. The van der Waals surface area contributed by atoms with Crippen LogP contribution in [0, 0.1) is 13.8 Å². The molecule has 0 saturated heterocycles. The minimum atomic E-state index is -4.27. The molecule has 0 atom stereocenters. The maximum absolute atomic E-state index is 10.4. The van der Waals surface area contributed by atoms with Gasteiger partial charge in [-0.25, -0.2) is 16.8 Å². The monoisotopic (exact) mass is 382 g/mol. The van der Waals surface area contributed by atoms with E-state index in [-0.39, 0.29) is 47.5 Å². The van der Waals surface area contributed by atoms with Crippen molar-refractivity contribution in [3.05, 3.63) is 59.7 Å². The molecule has 0 radical (unpaired) electrons. The second-order valence-electron chi connectivity index (χ2n) is 4.53. The number of benzene rings is 2. The molecule has 120 valence electrons. The first-order valence-electron chi connectivity index (χ1n) is 6.05. The average Bonchev–Trinajstić information content (AvgIpc) is 2.38. The fraction of sp³-hybridized carbons (Fsp3) is 0.143. The average molecular weight is 382 g/mol. The summed E-state index contributed by atoms with van der Waals surface area (Å²) in [6.45, 7) is 3.64. The van der Waals surface area contributed by atoms with Gasteiger partial charge in [0.15, 0.2) is 0 Å². The van der Waals surface area contributed by atoms with Gasteiger partial charge in [0.2, 0.25) is 0 Å². The summed E-state index contributed by atoms with van der Waals surface area (Å²) in [6, 6.07) is 11.6. The van der Waals surface area contributed by atoms with Crippen LogP contribution in [0.15, 0.2) is 58.3 Å². The molecular formula is C14H14CaO6S2. The fourth-order valence-corrected chi connectivity index (χ4v) is 2.35. The molecule has 0 aliphatic heterocycles. The number of hydrogen-bond acceptors (Lipinski definition) is 6. The summed E-state index contributed by atoms with van der Waals surface area (Å²) >= 11 is 0. The van der Waals surface area contributed by atoms with Crippen LogP contribution in [0.2, 0.25) is 0 Å².